The van der Waals surface area contributed by atoms with Gasteiger partial charge in [-0.1, -0.05) is 33.2 Å². The van der Waals surface area contributed by atoms with E-state index in [1.54, 1.807) is 36.4 Å². The first-order chi connectivity index (χ1) is 15.6. The van der Waals surface area contributed by atoms with E-state index in [9.17, 15) is 9.59 Å². The van der Waals surface area contributed by atoms with Crippen LogP contribution < -0.4 is 10.6 Å². The molecule has 0 bridgehead atoms. The van der Waals surface area contributed by atoms with E-state index < -0.39 is 5.91 Å². The largest absolute Gasteiger partial charge is 0.351 e. The number of hydrogen-bond acceptors (Lipinski definition) is 7. The Morgan fingerprint density at radius 1 is 1.00 bits per heavy atom. The van der Waals surface area contributed by atoms with Crippen LogP contribution in [-0.4, -0.2) is 42.6 Å². The number of rotatable bonds is 5. The Balaban J connectivity index is 1.44. The molecule has 32 heavy (non-hydrogen) atoms. The SMILES string of the molecule is O=C(Nc1ccc(Br)cc1-c1nnn[nH]1)c1cc2cccc(NC(=O)c3ccno3)c2[nH]1. The molecule has 3 heterocycles. The number of aromatic nitrogens is 6. The van der Waals surface area contributed by atoms with Crippen LogP contribution in [0.5, 0.6) is 0 Å². The van der Waals surface area contributed by atoms with Gasteiger partial charge in [-0.15, -0.1) is 5.10 Å². The Morgan fingerprint density at radius 3 is 2.66 bits per heavy atom. The molecule has 0 aliphatic rings. The number of fused-ring (bicyclic) bond motifs is 1. The van der Waals surface area contributed by atoms with Crippen molar-refractivity contribution in [3.63, 3.8) is 0 Å². The molecule has 158 valence electrons. The Labute approximate surface area is 187 Å². The van der Waals surface area contributed by atoms with Gasteiger partial charge in [0.25, 0.3) is 11.8 Å². The predicted molar refractivity (Wildman–Crippen MR) is 118 cm³/mol. The molecule has 11 nitrogen and oxygen atoms in total. The van der Waals surface area contributed by atoms with Gasteiger partial charge in [0.15, 0.2) is 5.82 Å². The van der Waals surface area contributed by atoms with Gasteiger partial charge in [-0.25, -0.2) is 5.10 Å². The van der Waals surface area contributed by atoms with Gasteiger partial charge in [-0.05, 0) is 40.8 Å². The number of carbonyl (C=O) groups is 2. The van der Waals surface area contributed by atoms with Crippen LogP contribution in [0.2, 0.25) is 0 Å². The summed E-state index contributed by atoms with van der Waals surface area (Å²) in [6.07, 6.45) is 1.39. The lowest BCUT2D eigenvalue weighted by atomic mass is 10.1. The van der Waals surface area contributed by atoms with E-state index >= 15 is 0 Å². The Kier molecular flexibility index (Phi) is 4.95. The lowest BCUT2D eigenvalue weighted by Crippen LogP contribution is -2.13. The lowest BCUT2D eigenvalue weighted by molar-refractivity contribution is 0.0986. The number of tetrazole rings is 1. The molecule has 5 aromatic rings. The number of aromatic amines is 2. The van der Waals surface area contributed by atoms with Gasteiger partial charge in [0.1, 0.15) is 5.69 Å². The summed E-state index contributed by atoms with van der Waals surface area (Å²) in [4.78, 5) is 28.4. The van der Waals surface area contributed by atoms with E-state index in [0.29, 0.717) is 34.0 Å². The van der Waals surface area contributed by atoms with Crippen LogP contribution in [0.1, 0.15) is 21.0 Å². The molecule has 2 aromatic carbocycles. The molecule has 12 heteroatoms. The summed E-state index contributed by atoms with van der Waals surface area (Å²) in [6, 6.07) is 13.8. The Bertz CT molecular complexity index is 1430. The number of para-hydroxylation sites is 1. The van der Waals surface area contributed by atoms with E-state index in [1.807, 2.05) is 6.07 Å². The zero-order valence-corrected chi connectivity index (χ0v) is 17.7. The predicted octanol–water partition coefficient (Wildman–Crippen LogP) is 3.60. The van der Waals surface area contributed by atoms with Gasteiger partial charge in [0.05, 0.1) is 23.1 Å². The number of carbonyl (C=O) groups excluding carboxylic acids is 2. The quantitative estimate of drug-likeness (QED) is 0.292. The third kappa shape index (κ3) is 3.74. The first-order valence-electron chi connectivity index (χ1n) is 9.27. The van der Waals surface area contributed by atoms with Gasteiger partial charge in [-0.2, -0.15) is 0 Å². The topological polar surface area (TPSA) is 154 Å². The van der Waals surface area contributed by atoms with Crippen LogP contribution >= 0.6 is 15.9 Å². The molecule has 0 aliphatic heterocycles. The fraction of sp³-hybridized carbons (Fsp3) is 0. The molecule has 2 amide bonds. The number of halogens is 1. The molecule has 0 atom stereocenters. The van der Waals surface area contributed by atoms with Crippen molar-refractivity contribution in [1.29, 1.82) is 0 Å². The summed E-state index contributed by atoms with van der Waals surface area (Å²) in [5, 5.41) is 23.7. The van der Waals surface area contributed by atoms with Crippen LogP contribution in [0, 0.1) is 0 Å². The van der Waals surface area contributed by atoms with Gasteiger partial charge < -0.3 is 20.1 Å². The highest BCUT2D eigenvalue weighted by Crippen LogP contribution is 2.29. The molecular weight excluding hydrogens is 480 g/mol. The third-order valence-electron chi connectivity index (χ3n) is 4.64. The molecule has 0 aliphatic carbocycles. The molecule has 0 spiro atoms. The fourth-order valence-corrected chi connectivity index (χ4v) is 3.54. The minimum atomic E-state index is -0.448. The second-order valence-electron chi connectivity index (χ2n) is 6.68. The molecule has 4 N–H and O–H groups in total. The Morgan fingerprint density at radius 2 is 1.88 bits per heavy atom. The van der Waals surface area contributed by atoms with Crippen molar-refractivity contribution < 1.29 is 14.1 Å². The number of benzene rings is 2. The maximum Gasteiger partial charge on any atom is 0.294 e. The standard InChI is InChI=1S/C20H13BrN8O3/c21-11-4-5-13(12(9-11)18-26-28-29-27-18)24-19(30)15-8-10-2-1-3-14(17(10)23-15)25-20(31)16-6-7-22-32-16/h1-9,23H,(H,24,30)(H,25,31)(H,26,27,28,29). The minimum Gasteiger partial charge on any atom is -0.351 e. The highest BCUT2D eigenvalue weighted by Gasteiger charge is 2.17. The van der Waals surface area contributed by atoms with Crippen LogP contribution in [-0.2, 0) is 0 Å². The second-order valence-corrected chi connectivity index (χ2v) is 7.59. The first kappa shape index (κ1) is 19.6. The lowest BCUT2D eigenvalue weighted by Gasteiger charge is -2.09. The van der Waals surface area contributed by atoms with Gasteiger partial charge >= 0.3 is 0 Å². The fourth-order valence-electron chi connectivity index (χ4n) is 3.18. The van der Waals surface area contributed by atoms with Crippen molar-refractivity contribution in [3.8, 4) is 11.4 Å². The molecular formula is C20H13BrN8O3. The Hall–Kier alpha value is -4.32. The molecule has 0 saturated carbocycles. The molecule has 3 aromatic heterocycles. The number of hydrogen-bond donors (Lipinski definition) is 4. The molecule has 0 fully saturated rings. The summed E-state index contributed by atoms with van der Waals surface area (Å²) < 4.78 is 5.69. The van der Waals surface area contributed by atoms with Gasteiger partial charge in [0, 0.05) is 21.5 Å². The smallest absolute Gasteiger partial charge is 0.294 e. The number of nitrogens with zero attached hydrogens (tertiary/aromatic N) is 4. The summed E-state index contributed by atoms with van der Waals surface area (Å²) in [6.45, 7) is 0. The average molecular weight is 493 g/mol. The van der Waals surface area contributed by atoms with Crippen LogP contribution in [0.15, 0.2) is 63.7 Å². The molecule has 0 radical (unpaired) electrons. The van der Waals surface area contributed by atoms with Crippen molar-refractivity contribution in [3.05, 3.63) is 70.7 Å². The van der Waals surface area contributed by atoms with Crippen molar-refractivity contribution >= 4 is 50.0 Å². The average Bonchev–Trinajstić information content (AvgIpc) is 3.56. The first-order valence-corrected chi connectivity index (χ1v) is 10.1. The van der Waals surface area contributed by atoms with Crippen LogP contribution in [0.25, 0.3) is 22.3 Å². The van der Waals surface area contributed by atoms with E-state index in [4.69, 9.17) is 4.52 Å². The summed E-state index contributed by atoms with van der Waals surface area (Å²) in [7, 11) is 0. The van der Waals surface area contributed by atoms with Crippen molar-refractivity contribution in [2.75, 3.05) is 10.6 Å². The summed E-state index contributed by atoms with van der Waals surface area (Å²) in [5.41, 5.74) is 2.55. The minimum absolute atomic E-state index is 0.0798. The summed E-state index contributed by atoms with van der Waals surface area (Å²) >= 11 is 3.41. The monoisotopic (exact) mass is 492 g/mol. The van der Waals surface area contributed by atoms with E-state index in [0.717, 1.165) is 9.86 Å². The molecule has 5 rings (SSSR count). The van der Waals surface area contributed by atoms with E-state index in [-0.39, 0.29) is 11.7 Å². The molecule has 0 saturated heterocycles. The maximum absolute atomic E-state index is 13.0. The van der Waals surface area contributed by atoms with Crippen LogP contribution in [0.4, 0.5) is 11.4 Å². The maximum atomic E-state index is 13.0. The van der Waals surface area contributed by atoms with Gasteiger partial charge in [0.2, 0.25) is 5.76 Å². The second kappa shape index (κ2) is 8.07. The zero-order valence-electron chi connectivity index (χ0n) is 16.1. The highest BCUT2D eigenvalue weighted by atomic mass is 79.9. The summed E-state index contributed by atoms with van der Waals surface area (Å²) in [5.74, 6) is -0.326. The van der Waals surface area contributed by atoms with Gasteiger partial charge in [-0.3, -0.25) is 9.59 Å². The number of H-pyrrole nitrogens is 2. The van der Waals surface area contributed by atoms with Crippen LogP contribution in [0.3, 0.4) is 0 Å². The normalized spacial score (nSPS) is 10.9. The number of amides is 2. The van der Waals surface area contributed by atoms with Crippen molar-refractivity contribution in [2.45, 2.75) is 0 Å². The van der Waals surface area contributed by atoms with Crippen molar-refractivity contribution in [2.24, 2.45) is 0 Å². The van der Waals surface area contributed by atoms with E-state index in [1.165, 1.54) is 12.3 Å². The van der Waals surface area contributed by atoms with E-state index in [2.05, 4.69) is 57.3 Å². The number of nitrogens with one attached hydrogen (secondary N) is 4. The number of anilines is 2. The zero-order chi connectivity index (χ0) is 22.1. The highest BCUT2D eigenvalue weighted by molar-refractivity contribution is 9.10. The molecule has 0 unspecified atom stereocenters. The van der Waals surface area contributed by atoms with Crippen molar-refractivity contribution in [1.82, 2.24) is 30.8 Å². The third-order valence-corrected chi connectivity index (χ3v) is 5.13.